The third-order valence-corrected chi connectivity index (χ3v) is 3.15. The van der Waals surface area contributed by atoms with Gasteiger partial charge in [-0.05, 0) is 50.1 Å². The van der Waals surface area contributed by atoms with Gasteiger partial charge in [0.25, 0.3) is 0 Å². The lowest BCUT2D eigenvalue weighted by molar-refractivity contribution is 0.168. The molecule has 0 saturated heterocycles. The minimum absolute atomic E-state index is 0.296. The molecule has 1 aromatic heterocycles. The zero-order valence-corrected chi connectivity index (χ0v) is 13.4. The largest absolute Gasteiger partial charge is 0.450 e. The molecule has 0 radical (unpaired) electrons. The van der Waals surface area contributed by atoms with Crippen LogP contribution in [0, 0.1) is 13.8 Å². The molecule has 0 spiro atoms. The number of rotatable bonds is 4. The average molecular weight is 321 g/mol. The Bertz CT molecular complexity index is 651. The van der Waals surface area contributed by atoms with Gasteiger partial charge in [0, 0.05) is 0 Å². The first-order valence-corrected chi connectivity index (χ1v) is 7.18. The van der Waals surface area contributed by atoms with Crippen molar-refractivity contribution < 1.29 is 9.53 Å². The molecule has 2 aromatic rings. The summed E-state index contributed by atoms with van der Waals surface area (Å²) in [4.78, 5) is 11.3. The summed E-state index contributed by atoms with van der Waals surface area (Å²) in [7, 11) is 0. The van der Waals surface area contributed by atoms with E-state index in [2.05, 4.69) is 20.8 Å². The van der Waals surface area contributed by atoms with Crippen LogP contribution in [0.15, 0.2) is 24.3 Å². The Hall–Kier alpha value is -2.34. The predicted octanol–water partition coefficient (Wildman–Crippen LogP) is 4.06. The minimum atomic E-state index is -0.560. The van der Waals surface area contributed by atoms with E-state index in [-0.39, 0.29) is 0 Å². The van der Waals surface area contributed by atoms with Crippen molar-refractivity contribution in [2.45, 2.75) is 20.8 Å². The number of hydrogen-bond donors (Lipinski definition) is 2. The van der Waals surface area contributed by atoms with Gasteiger partial charge in [-0.2, -0.15) is 0 Å². The molecule has 0 saturated carbocycles. The Morgan fingerprint density at radius 1 is 1.23 bits per heavy atom. The number of halogens is 1. The molecule has 0 bridgehead atoms. The topological polar surface area (TPSA) is 76.1 Å². The second kappa shape index (κ2) is 7.09. The van der Waals surface area contributed by atoms with Crippen molar-refractivity contribution in [1.29, 1.82) is 0 Å². The standard InChI is InChI=1S/C15H17ClN4O2/c1-4-22-15(21)18-13-6-5-12(19-20-13)17-14-10(3)7-9(2)8-11(14)16/h5-8H,4H2,1-3H3,(H,17,19)(H,18,20,21). The SMILES string of the molecule is CCOC(=O)Nc1ccc(Nc2c(C)cc(C)cc2Cl)nn1. The highest BCUT2D eigenvalue weighted by Gasteiger charge is 2.08. The van der Waals surface area contributed by atoms with Crippen LogP contribution in [0.4, 0.5) is 22.1 Å². The van der Waals surface area contributed by atoms with Gasteiger partial charge in [0.1, 0.15) is 0 Å². The second-order valence-electron chi connectivity index (χ2n) is 4.71. The van der Waals surface area contributed by atoms with Gasteiger partial charge < -0.3 is 10.1 Å². The monoisotopic (exact) mass is 320 g/mol. The summed E-state index contributed by atoms with van der Waals surface area (Å²) in [5.74, 6) is 0.846. The van der Waals surface area contributed by atoms with Gasteiger partial charge >= 0.3 is 6.09 Å². The van der Waals surface area contributed by atoms with Crippen LogP contribution in [0.25, 0.3) is 0 Å². The second-order valence-corrected chi connectivity index (χ2v) is 5.12. The number of nitrogens with one attached hydrogen (secondary N) is 2. The predicted molar refractivity (Wildman–Crippen MR) is 86.9 cm³/mol. The summed E-state index contributed by atoms with van der Waals surface area (Å²) < 4.78 is 4.76. The highest BCUT2D eigenvalue weighted by atomic mass is 35.5. The Labute approximate surface area is 133 Å². The van der Waals surface area contributed by atoms with Gasteiger partial charge in [0.05, 0.1) is 17.3 Å². The fourth-order valence-corrected chi connectivity index (χ4v) is 2.31. The number of ether oxygens (including phenoxy) is 1. The van der Waals surface area contributed by atoms with Crippen molar-refractivity contribution >= 4 is 35.0 Å². The molecule has 7 heteroatoms. The van der Waals surface area contributed by atoms with Crippen molar-refractivity contribution in [3.63, 3.8) is 0 Å². The maximum absolute atomic E-state index is 11.3. The molecule has 2 rings (SSSR count). The van der Waals surface area contributed by atoms with Gasteiger partial charge in [-0.25, -0.2) is 4.79 Å². The normalized spacial score (nSPS) is 10.2. The molecule has 1 heterocycles. The first-order valence-electron chi connectivity index (χ1n) is 6.81. The van der Waals surface area contributed by atoms with Gasteiger partial charge in [-0.1, -0.05) is 17.7 Å². The van der Waals surface area contributed by atoms with E-state index in [4.69, 9.17) is 16.3 Å². The summed E-state index contributed by atoms with van der Waals surface area (Å²) in [5.41, 5.74) is 2.89. The molecule has 0 atom stereocenters. The zero-order chi connectivity index (χ0) is 16.1. The van der Waals surface area contributed by atoms with Crippen molar-refractivity contribution in [1.82, 2.24) is 10.2 Å². The molecule has 0 aliphatic carbocycles. The van der Waals surface area contributed by atoms with Crippen LogP contribution in [0.1, 0.15) is 18.1 Å². The average Bonchev–Trinajstić information content (AvgIpc) is 2.45. The Balaban J connectivity index is 2.10. The van der Waals surface area contributed by atoms with Crippen LogP contribution in [0.2, 0.25) is 5.02 Å². The van der Waals surface area contributed by atoms with E-state index < -0.39 is 6.09 Å². The van der Waals surface area contributed by atoms with E-state index in [1.165, 1.54) is 0 Å². The fraction of sp³-hybridized carbons (Fsp3) is 0.267. The van der Waals surface area contributed by atoms with Gasteiger partial charge in [-0.15, -0.1) is 10.2 Å². The van der Waals surface area contributed by atoms with Crippen molar-refractivity contribution in [3.05, 3.63) is 40.4 Å². The van der Waals surface area contributed by atoms with Crippen LogP contribution in [-0.2, 0) is 4.74 Å². The third kappa shape index (κ3) is 4.08. The molecular formula is C15H17ClN4O2. The van der Waals surface area contributed by atoms with Crippen molar-refractivity contribution in [3.8, 4) is 0 Å². The van der Waals surface area contributed by atoms with E-state index in [9.17, 15) is 4.79 Å². The Morgan fingerprint density at radius 3 is 2.50 bits per heavy atom. The number of aromatic nitrogens is 2. The summed E-state index contributed by atoms with van der Waals surface area (Å²) in [5, 5.41) is 14.1. The number of anilines is 3. The molecular weight excluding hydrogens is 304 g/mol. The highest BCUT2D eigenvalue weighted by Crippen LogP contribution is 2.29. The lowest BCUT2D eigenvalue weighted by Crippen LogP contribution is -2.14. The van der Waals surface area contributed by atoms with E-state index in [1.807, 2.05) is 26.0 Å². The lowest BCUT2D eigenvalue weighted by atomic mass is 10.1. The summed E-state index contributed by atoms with van der Waals surface area (Å²) in [6.45, 7) is 5.97. The summed E-state index contributed by atoms with van der Waals surface area (Å²) >= 11 is 6.24. The molecule has 2 N–H and O–H groups in total. The summed E-state index contributed by atoms with van der Waals surface area (Å²) in [6, 6.07) is 7.23. The van der Waals surface area contributed by atoms with Gasteiger partial charge in [0.2, 0.25) is 0 Å². The molecule has 116 valence electrons. The maximum Gasteiger partial charge on any atom is 0.412 e. The summed E-state index contributed by atoms with van der Waals surface area (Å²) in [6.07, 6.45) is -0.560. The van der Waals surface area contributed by atoms with Crippen LogP contribution >= 0.6 is 11.6 Å². The number of benzene rings is 1. The molecule has 0 unspecified atom stereocenters. The lowest BCUT2D eigenvalue weighted by Gasteiger charge is -2.12. The number of carbonyl (C=O) groups excluding carboxylic acids is 1. The van der Waals surface area contributed by atoms with E-state index in [0.717, 1.165) is 16.8 Å². The molecule has 0 aliphatic heterocycles. The number of aryl methyl sites for hydroxylation is 2. The van der Waals surface area contributed by atoms with Gasteiger partial charge in [-0.3, -0.25) is 5.32 Å². The molecule has 1 aromatic carbocycles. The molecule has 22 heavy (non-hydrogen) atoms. The van der Waals surface area contributed by atoms with Crippen LogP contribution in [0.3, 0.4) is 0 Å². The highest BCUT2D eigenvalue weighted by molar-refractivity contribution is 6.33. The van der Waals surface area contributed by atoms with E-state index in [0.29, 0.717) is 23.3 Å². The minimum Gasteiger partial charge on any atom is -0.450 e. The van der Waals surface area contributed by atoms with Crippen LogP contribution < -0.4 is 10.6 Å². The number of amides is 1. The van der Waals surface area contributed by atoms with Crippen molar-refractivity contribution in [2.24, 2.45) is 0 Å². The first kappa shape index (κ1) is 16.0. The third-order valence-electron chi connectivity index (χ3n) is 2.85. The van der Waals surface area contributed by atoms with E-state index >= 15 is 0 Å². The fourth-order valence-electron chi connectivity index (χ4n) is 1.94. The molecule has 0 aliphatic rings. The maximum atomic E-state index is 11.3. The molecule has 6 nitrogen and oxygen atoms in total. The quantitative estimate of drug-likeness (QED) is 0.888. The smallest absolute Gasteiger partial charge is 0.412 e. The van der Waals surface area contributed by atoms with Gasteiger partial charge in [0.15, 0.2) is 11.6 Å². The van der Waals surface area contributed by atoms with Crippen LogP contribution in [-0.4, -0.2) is 22.9 Å². The van der Waals surface area contributed by atoms with Crippen molar-refractivity contribution in [2.75, 3.05) is 17.2 Å². The Morgan fingerprint density at radius 2 is 1.91 bits per heavy atom. The number of nitrogens with zero attached hydrogens (tertiary/aromatic N) is 2. The first-order chi connectivity index (χ1) is 10.5. The number of hydrogen-bond acceptors (Lipinski definition) is 5. The van der Waals surface area contributed by atoms with Crippen LogP contribution in [0.5, 0.6) is 0 Å². The number of carbonyl (C=O) groups is 1. The Kier molecular flexibility index (Phi) is 5.16. The molecule has 0 fully saturated rings. The zero-order valence-electron chi connectivity index (χ0n) is 12.6. The molecule has 1 amide bonds. The van der Waals surface area contributed by atoms with E-state index in [1.54, 1.807) is 19.1 Å².